The van der Waals surface area contributed by atoms with Crippen molar-refractivity contribution < 1.29 is 9.59 Å². The minimum Gasteiger partial charge on any atom is -0.345 e. The van der Waals surface area contributed by atoms with Crippen LogP contribution in [0.15, 0.2) is 48.8 Å². The van der Waals surface area contributed by atoms with Crippen molar-refractivity contribution in [3.8, 4) is 0 Å². The molecule has 1 saturated heterocycles. The third-order valence-electron chi connectivity index (χ3n) is 5.17. The number of benzene rings is 2. The van der Waals surface area contributed by atoms with Gasteiger partial charge in [-0.3, -0.25) is 9.59 Å². The summed E-state index contributed by atoms with van der Waals surface area (Å²) in [6.45, 7) is 1.47. The number of nitrogens with zero attached hydrogens (tertiary/aromatic N) is 2. The normalized spacial score (nSPS) is 16.9. The van der Waals surface area contributed by atoms with E-state index >= 15 is 0 Å². The smallest absolute Gasteiger partial charge is 0.255 e. The van der Waals surface area contributed by atoms with Crippen LogP contribution in [0, 0.1) is 0 Å². The van der Waals surface area contributed by atoms with E-state index in [9.17, 15) is 9.59 Å². The van der Waals surface area contributed by atoms with E-state index in [2.05, 4.69) is 20.6 Å². The van der Waals surface area contributed by atoms with Gasteiger partial charge in [-0.25, -0.2) is 4.98 Å². The van der Waals surface area contributed by atoms with Gasteiger partial charge in [-0.15, -0.1) is 0 Å². The lowest BCUT2D eigenvalue weighted by Crippen LogP contribution is -2.46. The summed E-state index contributed by atoms with van der Waals surface area (Å²) >= 11 is 0. The molecule has 0 radical (unpaired) electrons. The Morgan fingerprint density at radius 3 is 2.93 bits per heavy atom. The van der Waals surface area contributed by atoms with Crippen LogP contribution < -0.4 is 10.6 Å². The van der Waals surface area contributed by atoms with Crippen molar-refractivity contribution in [2.24, 2.45) is 0 Å². The van der Waals surface area contributed by atoms with E-state index in [0.717, 1.165) is 30.4 Å². The van der Waals surface area contributed by atoms with E-state index in [1.54, 1.807) is 48.8 Å². The summed E-state index contributed by atoms with van der Waals surface area (Å²) in [4.78, 5) is 34.5. The van der Waals surface area contributed by atoms with Gasteiger partial charge in [-0.2, -0.15) is 0 Å². The molecule has 1 fully saturated rings. The number of likely N-dealkylation sites (tertiary alicyclic amines) is 1. The average Bonchev–Trinajstić information content (AvgIpc) is 3.21. The number of amides is 2. The average molecular weight is 377 g/mol. The fourth-order valence-electron chi connectivity index (χ4n) is 3.59. The second kappa shape index (κ2) is 7.82. The Hall–Kier alpha value is -3.19. The maximum absolute atomic E-state index is 12.9. The van der Waals surface area contributed by atoms with E-state index in [1.165, 1.54) is 0 Å². The predicted octanol–water partition coefficient (Wildman–Crippen LogP) is 2.64. The van der Waals surface area contributed by atoms with Crippen molar-refractivity contribution in [2.45, 2.75) is 18.9 Å². The lowest BCUT2D eigenvalue weighted by atomic mass is 10.0. The molecule has 28 heavy (non-hydrogen) atoms. The predicted molar refractivity (Wildman–Crippen MR) is 108 cm³/mol. The second-order valence-corrected chi connectivity index (χ2v) is 7.05. The molecule has 2 aromatic carbocycles. The highest BCUT2D eigenvalue weighted by Gasteiger charge is 2.23. The molecule has 0 spiro atoms. The number of fused-ring (bicyclic) bond motifs is 1. The number of nitrogens with one attached hydrogen (secondary N) is 3. The van der Waals surface area contributed by atoms with Crippen molar-refractivity contribution in [3.05, 3.63) is 59.9 Å². The van der Waals surface area contributed by atoms with Gasteiger partial charge in [0.25, 0.3) is 11.8 Å². The molecule has 2 amide bonds. The fraction of sp³-hybridized carbons (Fsp3) is 0.286. The van der Waals surface area contributed by atoms with Crippen LogP contribution in [0.3, 0.4) is 0 Å². The van der Waals surface area contributed by atoms with Gasteiger partial charge in [0.1, 0.15) is 0 Å². The molecule has 4 rings (SSSR count). The molecule has 1 unspecified atom stereocenters. The summed E-state index contributed by atoms with van der Waals surface area (Å²) in [7, 11) is 1.93. The Balaban J connectivity index is 1.48. The standard InChI is InChI=1S/C21H23N5O2/c1-22-17-6-3-9-26(12-17)21(28)15-4-2-5-16(10-15)25-20(27)14-7-8-18-19(11-14)24-13-23-18/h2,4-5,7-8,10-11,13,17,22H,3,6,9,12H2,1H3,(H,23,24)(H,25,27). The maximum Gasteiger partial charge on any atom is 0.255 e. The van der Waals surface area contributed by atoms with E-state index in [4.69, 9.17) is 0 Å². The van der Waals surface area contributed by atoms with Gasteiger partial charge in [0.15, 0.2) is 0 Å². The summed E-state index contributed by atoms with van der Waals surface area (Å²) in [5.41, 5.74) is 3.33. The van der Waals surface area contributed by atoms with Crippen LogP contribution >= 0.6 is 0 Å². The van der Waals surface area contributed by atoms with E-state index in [1.807, 2.05) is 11.9 Å². The second-order valence-electron chi connectivity index (χ2n) is 7.05. The molecule has 1 aromatic heterocycles. The van der Waals surface area contributed by atoms with Crippen LogP contribution in [0.5, 0.6) is 0 Å². The highest BCUT2D eigenvalue weighted by atomic mass is 16.2. The molecule has 3 N–H and O–H groups in total. The first kappa shape index (κ1) is 18.2. The zero-order valence-corrected chi connectivity index (χ0v) is 15.7. The lowest BCUT2D eigenvalue weighted by Gasteiger charge is -2.32. The quantitative estimate of drug-likeness (QED) is 0.652. The highest BCUT2D eigenvalue weighted by molar-refractivity contribution is 6.06. The zero-order valence-electron chi connectivity index (χ0n) is 15.7. The molecular formula is C21H23N5O2. The SMILES string of the molecule is CNC1CCCN(C(=O)c2cccc(NC(=O)c3ccc4nc[nH]c4c3)c2)C1. The van der Waals surface area contributed by atoms with Crippen molar-refractivity contribution >= 4 is 28.5 Å². The number of imidazole rings is 1. The van der Waals surface area contributed by atoms with Crippen molar-refractivity contribution in [1.29, 1.82) is 0 Å². The first-order chi connectivity index (χ1) is 13.6. The molecule has 144 valence electrons. The number of H-pyrrole nitrogens is 1. The molecule has 0 bridgehead atoms. The largest absolute Gasteiger partial charge is 0.345 e. The minimum atomic E-state index is -0.227. The van der Waals surface area contributed by atoms with Crippen LogP contribution in [-0.4, -0.2) is 52.9 Å². The molecule has 2 heterocycles. The molecule has 3 aromatic rings. The van der Waals surface area contributed by atoms with Gasteiger partial charge in [0, 0.05) is 35.9 Å². The number of rotatable bonds is 4. The zero-order chi connectivity index (χ0) is 19.5. The van der Waals surface area contributed by atoms with Crippen LogP contribution in [0.2, 0.25) is 0 Å². The van der Waals surface area contributed by atoms with Gasteiger partial charge in [0.05, 0.1) is 17.4 Å². The monoisotopic (exact) mass is 377 g/mol. The Morgan fingerprint density at radius 1 is 1.18 bits per heavy atom. The van der Waals surface area contributed by atoms with Crippen molar-refractivity contribution in [3.63, 3.8) is 0 Å². The molecule has 1 aliphatic heterocycles. The Labute approximate surface area is 163 Å². The van der Waals surface area contributed by atoms with E-state index < -0.39 is 0 Å². The number of piperidine rings is 1. The van der Waals surface area contributed by atoms with Crippen molar-refractivity contribution in [1.82, 2.24) is 20.2 Å². The van der Waals surface area contributed by atoms with Gasteiger partial charge >= 0.3 is 0 Å². The van der Waals surface area contributed by atoms with Gasteiger partial charge < -0.3 is 20.5 Å². The van der Waals surface area contributed by atoms with Crippen LogP contribution in [0.1, 0.15) is 33.6 Å². The Morgan fingerprint density at radius 2 is 2.07 bits per heavy atom. The van der Waals surface area contributed by atoms with Gasteiger partial charge in [0.2, 0.25) is 0 Å². The van der Waals surface area contributed by atoms with Crippen LogP contribution in [-0.2, 0) is 0 Å². The summed E-state index contributed by atoms with van der Waals surface area (Å²) in [6.07, 6.45) is 3.67. The number of anilines is 1. The van der Waals surface area contributed by atoms with Gasteiger partial charge in [-0.05, 0) is 56.3 Å². The number of aromatic amines is 1. The van der Waals surface area contributed by atoms with Crippen LogP contribution in [0.25, 0.3) is 11.0 Å². The summed E-state index contributed by atoms with van der Waals surface area (Å²) in [6, 6.07) is 12.7. The number of likely N-dealkylation sites (N-methyl/N-ethyl adjacent to an activating group) is 1. The van der Waals surface area contributed by atoms with Gasteiger partial charge in [-0.1, -0.05) is 6.07 Å². The molecule has 7 nitrogen and oxygen atoms in total. The number of carbonyl (C=O) groups is 2. The van der Waals surface area contributed by atoms with E-state index in [-0.39, 0.29) is 11.8 Å². The minimum absolute atomic E-state index is 0.00470. The molecule has 1 aliphatic rings. The number of aromatic nitrogens is 2. The number of carbonyl (C=O) groups excluding carboxylic acids is 2. The summed E-state index contributed by atoms with van der Waals surface area (Å²) in [5.74, 6) is -0.232. The fourth-order valence-corrected chi connectivity index (χ4v) is 3.59. The molecule has 0 aliphatic carbocycles. The Bertz CT molecular complexity index is 1010. The summed E-state index contributed by atoms with van der Waals surface area (Å²) in [5, 5.41) is 6.13. The first-order valence-corrected chi connectivity index (χ1v) is 9.45. The molecule has 0 saturated carbocycles. The topological polar surface area (TPSA) is 90.1 Å². The lowest BCUT2D eigenvalue weighted by molar-refractivity contribution is 0.0698. The first-order valence-electron chi connectivity index (χ1n) is 9.45. The molecule has 1 atom stereocenters. The Kier molecular flexibility index (Phi) is 5.08. The maximum atomic E-state index is 12.9. The number of hydrogen-bond acceptors (Lipinski definition) is 4. The number of hydrogen-bond donors (Lipinski definition) is 3. The third-order valence-corrected chi connectivity index (χ3v) is 5.17. The third kappa shape index (κ3) is 3.75. The molecule has 7 heteroatoms. The van der Waals surface area contributed by atoms with E-state index in [0.29, 0.717) is 29.4 Å². The van der Waals surface area contributed by atoms with Crippen molar-refractivity contribution in [2.75, 3.05) is 25.5 Å². The highest BCUT2D eigenvalue weighted by Crippen LogP contribution is 2.18. The summed E-state index contributed by atoms with van der Waals surface area (Å²) < 4.78 is 0. The molecular weight excluding hydrogens is 354 g/mol. The van der Waals surface area contributed by atoms with Crippen LogP contribution in [0.4, 0.5) is 5.69 Å².